The van der Waals surface area contributed by atoms with Crippen molar-refractivity contribution in [3.8, 4) is 5.75 Å². The number of nitrogens with one attached hydrogen (secondary N) is 2. The molecule has 0 fully saturated rings. The maximum absolute atomic E-state index is 12.9. The van der Waals surface area contributed by atoms with Crippen molar-refractivity contribution in [3.05, 3.63) is 85.8 Å². The number of anilines is 2. The van der Waals surface area contributed by atoms with E-state index in [0.29, 0.717) is 43.8 Å². The lowest BCUT2D eigenvalue weighted by Gasteiger charge is -2.13. The molecule has 0 radical (unpaired) electrons. The first-order valence-corrected chi connectivity index (χ1v) is 10.6. The van der Waals surface area contributed by atoms with Gasteiger partial charge in [0, 0.05) is 16.9 Å². The lowest BCUT2D eigenvalue weighted by Crippen LogP contribution is -2.17. The lowest BCUT2D eigenvalue weighted by molar-refractivity contribution is 0.102. The number of ether oxygens (including phenoxy) is 1. The van der Waals surface area contributed by atoms with Crippen LogP contribution in [0.3, 0.4) is 0 Å². The number of amides is 2. The molecular weight excluding hydrogens is 482 g/mol. The first-order valence-electron chi connectivity index (χ1n) is 9.08. The van der Waals surface area contributed by atoms with E-state index in [9.17, 15) is 9.59 Å². The maximum Gasteiger partial charge on any atom is 0.259 e. The van der Waals surface area contributed by atoms with Gasteiger partial charge in [0.15, 0.2) is 0 Å². The first kappa shape index (κ1) is 23.2. The van der Waals surface area contributed by atoms with E-state index in [1.54, 1.807) is 43.3 Å². The lowest BCUT2D eigenvalue weighted by atomic mass is 10.1. The Morgan fingerprint density at radius 3 is 1.81 bits per heavy atom. The van der Waals surface area contributed by atoms with E-state index in [1.807, 2.05) is 0 Å². The zero-order valence-corrected chi connectivity index (χ0v) is 19.2. The molecule has 0 aromatic heterocycles. The van der Waals surface area contributed by atoms with Gasteiger partial charge in [-0.2, -0.15) is 0 Å². The van der Waals surface area contributed by atoms with Crippen molar-refractivity contribution < 1.29 is 14.3 Å². The molecular formula is C22H16Cl4N2O3. The predicted molar refractivity (Wildman–Crippen MR) is 126 cm³/mol. The quantitative estimate of drug-likeness (QED) is 0.378. The summed E-state index contributed by atoms with van der Waals surface area (Å²) >= 11 is 23.8. The third kappa shape index (κ3) is 5.83. The second-order valence-electron chi connectivity index (χ2n) is 6.31. The Labute approximate surface area is 199 Å². The van der Waals surface area contributed by atoms with Gasteiger partial charge in [0.25, 0.3) is 11.8 Å². The van der Waals surface area contributed by atoms with Crippen LogP contribution < -0.4 is 15.4 Å². The summed E-state index contributed by atoms with van der Waals surface area (Å²) in [5, 5.41) is 6.81. The molecule has 31 heavy (non-hydrogen) atoms. The fourth-order valence-corrected chi connectivity index (χ4v) is 3.28. The van der Waals surface area contributed by atoms with Gasteiger partial charge in [-0.05, 0) is 61.5 Å². The monoisotopic (exact) mass is 496 g/mol. The van der Waals surface area contributed by atoms with Gasteiger partial charge in [-0.3, -0.25) is 9.59 Å². The van der Waals surface area contributed by atoms with Crippen molar-refractivity contribution >= 4 is 69.6 Å². The van der Waals surface area contributed by atoms with Gasteiger partial charge >= 0.3 is 0 Å². The summed E-state index contributed by atoms with van der Waals surface area (Å²) in [5.41, 5.74) is 1.37. The van der Waals surface area contributed by atoms with Gasteiger partial charge in [0.05, 0.1) is 32.3 Å². The summed E-state index contributed by atoms with van der Waals surface area (Å²) in [4.78, 5) is 25.6. The zero-order valence-electron chi connectivity index (χ0n) is 16.1. The minimum Gasteiger partial charge on any atom is -0.493 e. The molecule has 0 spiro atoms. The van der Waals surface area contributed by atoms with Gasteiger partial charge in [0.1, 0.15) is 5.75 Å². The standard InChI is InChI=1S/C22H16Cl4N2O3/c1-2-31-20-8-3-12(21(29)27-13-4-6-16(23)18(25)10-13)9-15(20)22(30)28-14-5-7-17(24)19(26)11-14/h3-11H,2H2,1H3,(H,27,29)(H,28,30). The Kier molecular flexibility index (Phi) is 7.68. The van der Waals surface area contributed by atoms with Crippen LogP contribution in [0.25, 0.3) is 0 Å². The van der Waals surface area contributed by atoms with Crippen molar-refractivity contribution in [1.29, 1.82) is 0 Å². The van der Waals surface area contributed by atoms with E-state index < -0.39 is 11.8 Å². The average Bonchev–Trinajstić information content (AvgIpc) is 2.74. The molecule has 0 unspecified atom stereocenters. The van der Waals surface area contributed by atoms with Crippen molar-refractivity contribution in [2.24, 2.45) is 0 Å². The molecule has 2 amide bonds. The Morgan fingerprint density at radius 1 is 0.742 bits per heavy atom. The SMILES string of the molecule is CCOc1ccc(C(=O)Nc2ccc(Cl)c(Cl)c2)cc1C(=O)Nc1ccc(Cl)c(Cl)c1. The minimum absolute atomic E-state index is 0.190. The topological polar surface area (TPSA) is 67.4 Å². The van der Waals surface area contributed by atoms with E-state index in [-0.39, 0.29) is 11.1 Å². The summed E-state index contributed by atoms with van der Waals surface area (Å²) in [6.07, 6.45) is 0. The second kappa shape index (κ2) is 10.2. The van der Waals surface area contributed by atoms with E-state index in [1.165, 1.54) is 18.2 Å². The van der Waals surface area contributed by atoms with E-state index in [2.05, 4.69) is 10.6 Å². The zero-order chi connectivity index (χ0) is 22.5. The summed E-state index contributed by atoms with van der Waals surface area (Å²) in [6.45, 7) is 2.15. The molecule has 0 aliphatic heterocycles. The fourth-order valence-electron chi connectivity index (χ4n) is 2.68. The first-order chi connectivity index (χ1) is 14.8. The Bertz CT molecular complexity index is 1150. The van der Waals surface area contributed by atoms with E-state index >= 15 is 0 Å². The van der Waals surface area contributed by atoms with Gasteiger partial charge in [-0.15, -0.1) is 0 Å². The third-order valence-electron chi connectivity index (χ3n) is 4.14. The molecule has 9 heteroatoms. The Balaban J connectivity index is 1.86. The van der Waals surface area contributed by atoms with Gasteiger partial charge < -0.3 is 15.4 Å². The summed E-state index contributed by atoms with van der Waals surface area (Å²) in [6, 6.07) is 14.0. The van der Waals surface area contributed by atoms with Crippen LogP contribution in [-0.4, -0.2) is 18.4 Å². The number of rotatable bonds is 6. The highest BCUT2D eigenvalue weighted by atomic mass is 35.5. The van der Waals surface area contributed by atoms with Crippen LogP contribution in [0.2, 0.25) is 20.1 Å². The molecule has 3 aromatic carbocycles. The largest absolute Gasteiger partial charge is 0.493 e. The highest BCUT2D eigenvalue weighted by Crippen LogP contribution is 2.28. The fraction of sp³-hybridized carbons (Fsp3) is 0.0909. The van der Waals surface area contributed by atoms with Gasteiger partial charge in [-0.1, -0.05) is 46.4 Å². The average molecular weight is 498 g/mol. The molecule has 3 rings (SSSR count). The van der Waals surface area contributed by atoms with Crippen molar-refractivity contribution in [2.45, 2.75) is 6.92 Å². The molecule has 3 aromatic rings. The number of hydrogen-bond donors (Lipinski definition) is 2. The molecule has 2 N–H and O–H groups in total. The number of hydrogen-bond acceptors (Lipinski definition) is 3. The summed E-state index contributed by atoms with van der Waals surface area (Å²) in [5.74, 6) is -0.554. The molecule has 0 aliphatic rings. The van der Waals surface area contributed by atoms with Crippen molar-refractivity contribution in [2.75, 3.05) is 17.2 Å². The maximum atomic E-state index is 12.9. The summed E-state index contributed by atoms with van der Waals surface area (Å²) in [7, 11) is 0. The number of benzene rings is 3. The van der Waals surface area contributed by atoms with Crippen LogP contribution in [0.1, 0.15) is 27.6 Å². The van der Waals surface area contributed by atoms with E-state index in [0.717, 1.165) is 0 Å². The minimum atomic E-state index is -0.467. The molecule has 0 bridgehead atoms. The van der Waals surface area contributed by atoms with Gasteiger partial charge in [-0.25, -0.2) is 0 Å². The van der Waals surface area contributed by atoms with Crippen molar-refractivity contribution in [3.63, 3.8) is 0 Å². The number of carbonyl (C=O) groups is 2. The van der Waals surface area contributed by atoms with Crippen LogP contribution in [0.5, 0.6) is 5.75 Å². The smallest absolute Gasteiger partial charge is 0.259 e. The predicted octanol–water partition coefficient (Wildman–Crippen LogP) is 7.20. The van der Waals surface area contributed by atoms with E-state index in [4.69, 9.17) is 51.1 Å². The number of halogens is 4. The normalized spacial score (nSPS) is 10.5. The highest BCUT2D eigenvalue weighted by molar-refractivity contribution is 6.42. The molecule has 0 aliphatic carbocycles. The van der Waals surface area contributed by atoms with Crippen LogP contribution in [-0.2, 0) is 0 Å². The molecule has 0 saturated heterocycles. The van der Waals surface area contributed by atoms with Crippen LogP contribution in [0.15, 0.2) is 54.6 Å². The molecule has 0 heterocycles. The molecule has 160 valence electrons. The molecule has 0 atom stereocenters. The third-order valence-corrected chi connectivity index (χ3v) is 5.62. The Morgan fingerprint density at radius 2 is 1.29 bits per heavy atom. The van der Waals surface area contributed by atoms with Crippen LogP contribution >= 0.6 is 46.4 Å². The van der Waals surface area contributed by atoms with Gasteiger partial charge in [0.2, 0.25) is 0 Å². The van der Waals surface area contributed by atoms with Crippen molar-refractivity contribution in [1.82, 2.24) is 0 Å². The van der Waals surface area contributed by atoms with Crippen LogP contribution in [0.4, 0.5) is 11.4 Å². The molecule has 0 saturated carbocycles. The second-order valence-corrected chi connectivity index (χ2v) is 7.94. The number of carbonyl (C=O) groups excluding carboxylic acids is 2. The van der Waals surface area contributed by atoms with Crippen LogP contribution in [0, 0.1) is 0 Å². The highest BCUT2D eigenvalue weighted by Gasteiger charge is 2.17. The molecule has 5 nitrogen and oxygen atoms in total. The summed E-state index contributed by atoms with van der Waals surface area (Å²) < 4.78 is 5.55. The Hall–Kier alpha value is -2.44.